The topological polar surface area (TPSA) is 62.2 Å². The Hall–Kier alpha value is -1.59. The van der Waals surface area contributed by atoms with E-state index in [2.05, 4.69) is 26.2 Å². The molecule has 116 valence electrons. The first-order valence-electron chi connectivity index (χ1n) is 6.63. The summed E-state index contributed by atoms with van der Waals surface area (Å²) in [5.41, 5.74) is 1.42. The van der Waals surface area contributed by atoms with E-state index in [-0.39, 0.29) is 27.8 Å². The van der Waals surface area contributed by atoms with Gasteiger partial charge in [-0.3, -0.25) is 9.78 Å². The van der Waals surface area contributed by atoms with Crippen molar-refractivity contribution < 1.29 is 9.90 Å². The molecule has 2 aromatic rings. The third-order valence-electron chi connectivity index (χ3n) is 3.14. The number of carbonyl (C=O) groups excluding carboxylic acids is 1. The van der Waals surface area contributed by atoms with Crippen molar-refractivity contribution in [2.75, 3.05) is 5.32 Å². The number of anilines is 1. The van der Waals surface area contributed by atoms with E-state index in [1.807, 2.05) is 20.8 Å². The van der Waals surface area contributed by atoms with Crippen LogP contribution in [0.15, 0.2) is 35.1 Å². The third kappa shape index (κ3) is 3.78. The number of carbonyl (C=O) groups is 1. The van der Waals surface area contributed by atoms with Gasteiger partial charge in [-0.1, -0.05) is 32.4 Å². The smallest absolute Gasteiger partial charge is 0.257 e. The van der Waals surface area contributed by atoms with E-state index in [0.717, 1.165) is 5.56 Å². The van der Waals surface area contributed by atoms with Crippen LogP contribution in [0.5, 0.6) is 5.75 Å². The highest BCUT2D eigenvalue weighted by molar-refractivity contribution is 9.10. The average molecular weight is 384 g/mol. The van der Waals surface area contributed by atoms with Crippen molar-refractivity contribution in [1.82, 2.24) is 4.98 Å². The van der Waals surface area contributed by atoms with Crippen LogP contribution in [0, 0.1) is 0 Å². The summed E-state index contributed by atoms with van der Waals surface area (Å²) < 4.78 is 0.700. The van der Waals surface area contributed by atoms with Crippen molar-refractivity contribution in [2.45, 2.75) is 26.2 Å². The molecule has 22 heavy (non-hydrogen) atoms. The molecule has 1 amide bonds. The summed E-state index contributed by atoms with van der Waals surface area (Å²) in [6.07, 6.45) is 3.04. The molecule has 0 radical (unpaired) electrons. The molecule has 1 aromatic heterocycles. The van der Waals surface area contributed by atoms with Crippen LogP contribution in [0.1, 0.15) is 36.7 Å². The van der Waals surface area contributed by atoms with Gasteiger partial charge in [0, 0.05) is 16.9 Å². The minimum atomic E-state index is -0.369. The Morgan fingerprint density at radius 2 is 1.95 bits per heavy atom. The number of halogens is 2. The monoisotopic (exact) mass is 382 g/mol. The van der Waals surface area contributed by atoms with Gasteiger partial charge in [0.25, 0.3) is 5.91 Å². The van der Waals surface area contributed by atoms with Gasteiger partial charge in [0.15, 0.2) is 5.75 Å². The van der Waals surface area contributed by atoms with E-state index >= 15 is 0 Å². The number of nitrogens with one attached hydrogen (secondary N) is 1. The SMILES string of the molecule is CC(C)(C)c1cc(Cl)c(O)c(NC(=O)c2cncc(Br)c2)c1. The van der Waals surface area contributed by atoms with Gasteiger partial charge in [-0.15, -0.1) is 0 Å². The molecule has 2 rings (SSSR count). The Kier molecular flexibility index (Phi) is 4.78. The van der Waals surface area contributed by atoms with E-state index in [1.54, 1.807) is 24.4 Å². The number of phenols is 1. The van der Waals surface area contributed by atoms with Crippen LogP contribution >= 0.6 is 27.5 Å². The standard InChI is InChI=1S/C16H16BrClN2O2/c1-16(2,3)10-5-12(18)14(21)13(6-10)20-15(22)9-4-11(17)8-19-7-9/h4-8,21H,1-3H3,(H,20,22). The maximum absolute atomic E-state index is 12.3. The van der Waals surface area contributed by atoms with E-state index < -0.39 is 0 Å². The predicted octanol–water partition coefficient (Wildman–Crippen LogP) is 4.75. The highest BCUT2D eigenvalue weighted by atomic mass is 79.9. The van der Waals surface area contributed by atoms with E-state index in [1.165, 1.54) is 6.20 Å². The summed E-state index contributed by atoms with van der Waals surface area (Å²) >= 11 is 9.33. The zero-order valence-corrected chi connectivity index (χ0v) is 14.8. The fraction of sp³-hybridized carbons (Fsp3) is 0.250. The van der Waals surface area contributed by atoms with E-state index in [4.69, 9.17) is 11.6 Å². The van der Waals surface area contributed by atoms with Gasteiger partial charge >= 0.3 is 0 Å². The molecule has 0 fully saturated rings. The van der Waals surface area contributed by atoms with Gasteiger partial charge in [-0.25, -0.2) is 0 Å². The van der Waals surface area contributed by atoms with Crippen molar-refractivity contribution in [3.63, 3.8) is 0 Å². The molecule has 0 unspecified atom stereocenters. The predicted molar refractivity (Wildman–Crippen MR) is 91.7 cm³/mol. The Morgan fingerprint density at radius 1 is 1.27 bits per heavy atom. The minimum absolute atomic E-state index is 0.147. The van der Waals surface area contributed by atoms with Crippen molar-refractivity contribution in [3.05, 3.63) is 51.2 Å². The van der Waals surface area contributed by atoms with E-state index in [0.29, 0.717) is 10.0 Å². The summed E-state index contributed by atoms with van der Waals surface area (Å²) in [5, 5.41) is 12.9. The van der Waals surface area contributed by atoms with Gasteiger partial charge in [0.2, 0.25) is 0 Å². The number of benzene rings is 1. The second-order valence-electron chi connectivity index (χ2n) is 5.95. The molecule has 0 aliphatic carbocycles. The maximum Gasteiger partial charge on any atom is 0.257 e. The van der Waals surface area contributed by atoms with Gasteiger partial charge in [0.05, 0.1) is 16.3 Å². The summed E-state index contributed by atoms with van der Waals surface area (Å²) in [6.45, 7) is 6.08. The molecular weight excluding hydrogens is 368 g/mol. The Balaban J connectivity index is 2.37. The maximum atomic E-state index is 12.3. The zero-order valence-electron chi connectivity index (χ0n) is 12.4. The molecule has 1 heterocycles. The van der Waals surface area contributed by atoms with E-state index in [9.17, 15) is 9.90 Å². The summed E-state index contributed by atoms with van der Waals surface area (Å²) in [4.78, 5) is 16.2. The first-order chi connectivity index (χ1) is 10.2. The second-order valence-corrected chi connectivity index (χ2v) is 7.27. The fourth-order valence-electron chi connectivity index (χ4n) is 1.86. The molecule has 4 nitrogen and oxygen atoms in total. The fourth-order valence-corrected chi connectivity index (χ4v) is 2.44. The number of amides is 1. The molecule has 6 heteroatoms. The number of rotatable bonds is 2. The van der Waals surface area contributed by atoms with Crippen LogP contribution in [0.2, 0.25) is 5.02 Å². The lowest BCUT2D eigenvalue weighted by atomic mass is 9.86. The van der Waals surface area contributed by atoms with Gasteiger partial charge in [0.1, 0.15) is 0 Å². The molecule has 0 saturated heterocycles. The van der Waals surface area contributed by atoms with Gasteiger partial charge in [-0.05, 0) is 45.1 Å². The number of pyridine rings is 1. The largest absolute Gasteiger partial charge is 0.504 e. The first-order valence-corrected chi connectivity index (χ1v) is 7.80. The van der Waals surface area contributed by atoms with Crippen molar-refractivity contribution >= 4 is 39.1 Å². The number of aromatic hydroxyl groups is 1. The molecule has 0 atom stereocenters. The Labute approximate surface area is 142 Å². The van der Waals surface area contributed by atoms with Crippen molar-refractivity contribution in [2.24, 2.45) is 0 Å². The molecule has 0 saturated carbocycles. The van der Waals surface area contributed by atoms with Crippen LogP contribution in [0.25, 0.3) is 0 Å². The number of nitrogens with zero attached hydrogens (tertiary/aromatic N) is 1. The Morgan fingerprint density at radius 3 is 2.55 bits per heavy atom. The first kappa shape index (κ1) is 16.8. The number of phenolic OH excluding ortho intramolecular Hbond substituents is 1. The quantitative estimate of drug-likeness (QED) is 0.735. The highest BCUT2D eigenvalue weighted by Gasteiger charge is 2.19. The average Bonchev–Trinajstić information content (AvgIpc) is 2.42. The van der Waals surface area contributed by atoms with Crippen LogP contribution in [-0.4, -0.2) is 16.0 Å². The van der Waals surface area contributed by atoms with Crippen LogP contribution in [0.4, 0.5) is 5.69 Å². The summed E-state index contributed by atoms with van der Waals surface area (Å²) in [6, 6.07) is 5.08. The van der Waals surface area contributed by atoms with Crippen molar-refractivity contribution in [1.29, 1.82) is 0 Å². The summed E-state index contributed by atoms with van der Waals surface area (Å²) in [7, 11) is 0. The van der Waals surface area contributed by atoms with Crippen molar-refractivity contribution in [3.8, 4) is 5.75 Å². The van der Waals surface area contributed by atoms with Gasteiger partial charge < -0.3 is 10.4 Å². The van der Waals surface area contributed by atoms with Crippen LogP contribution < -0.4 is 5.32 Å². The molecule has 2 N–H and O–H groups in total. The lowest BCUT2D eigenvalue weighted by molar-refractivity contribution is 0.102. The molecule has 0 aliphatic heterocycles. The number of aromatic nitrogens is 1. The number of hydrogen-bond acceptors (Lipinski definition) is 3. The van der Waals surface area contributed by atoms with Crippen LogP contribution in [-0.2, 0) is 5.41 Å². The summed E-state index contributed by atoms with van der Waals surface area (Å²) in [5.74, 6) is -0.516. The molecule has 0 bridgehead atoms. The molecule has 0 spiro atoms. The Bertz CT molecular complexity index is 727. The molecule has 1 aromatic carbocycles. The molecular formula is C16H16BrClN2O2. The van der Waals surface area contributed by atoms with Crippen LogP contribution in [0.3, 0.4) is 0 Å². The second kappa shape index (κ2) is 6.26. The molecule has 0 aliphatic rings. The zero-order chi connectivity index (χ0) is 16.5. The third-order valence-corrected chi connectivity index (χ3v) is 3.87. The highest BCUT2D eigenvalue weighted by Crippen LogP contribution is 2.37. The minimum Gasteiger partial charge on any atom is -0.504 e. The van der Waals surface area contributed by atoms with Gasteiger partial charge in [-0.2, -0.15) is 0 Å². The lowest BCUT2D eigenvalue weighted by Gasteiger charge is -2.21. The number of hydrogen-bond donors (Lipinski definition) is 2. The lowest BCUT2D eigenvalue weighted by Crippen LogP contribution is -2.15. The normalized spacial score (nSPS) is 11.3.